The first-order chi connectivity index (χ1) is 9.70. The molecule has 0 unspecified atom stereocenters. The Bertz CT molecular complexity index is 513. The number of nitrogens with zero attached hydrogens (tertiary/aromatic N) is 2. The van der Waals surface area contributed by atoms with Crippen LogP contribution in [0.15, 0.2) is 6.07 Å². The molecule has 1 aliphatic rings. The number of aryl methyl sites for hydroxylation is 1. The van der Waals surface area contributed by atoms with Gasteiger partial charge in [0, 0.05) is 13.1 Å². The number of rotatable bonds is 3. The van der Waals surface area contributed by atoms with E-state index in [4.69, 9.17) is 5.73 Å². The molecule has 0 aromatic carbocycles. The van der Waals surface area contributed by atoms with Gasteiger partial charge in [0.25, 0.3) is 0 Å². The number of halogens is 1. The van der Waals surface area contributed by atoms with Crippen LogP contribution in [-0.4, -0.2) is 21.2 Å². The van der Waals surface area contributed by atoms with Crippen LogP contribution >= 0.6 is 12.4 Å². The highest BCUT2D eigenvalue weighted by molar-refractivity contribution is 5.97. The van der Waals surface area contributed by atoms with Crippen molar-refractivity contribution in [1.29, 1.82) is 0 Å². The van der Waals surface area contributed by atoms with E-state index in [1.165, 1.54) is 6.42 Å². The summed E-state index contributed by atoms with van der Waals surface area (Å²) in [5.41, 5.74) is 6.72. The van der Waals surface area contributed by atoms with Crippen molar-refractivity contribution in [1.82, 2.24) is 9.78 Å². The van der Waals surface area contributed by atoms with E-state index in [1.54, 1.807) is 4.68 Å². The molecular formula is C16H29ClN4O. The number of nitrogens with two attached hydrogens (primary N) is 1. The molecule has 1 heterocycles. The van der Waals surface area contributed by atoms with Gasteiger partial charge in [-0.15, -0.1) is 12.4 Å². The Hall–Kier alpha value is -1.07. The van der Waals surface area contributed by atoms with Gasteiger partial charge in [0.15, 0.2) is 0 Å². The number of nitrogens with one attached hydrogen (secondary N) is 1. The molecule has 0 saturated heterocycles. The van der Waals surface area contributed by atoms with Gasteiger partial charge in [0.1, 0.15) is 5.82 Å². The van der Waals surface area contributed by atoms with E-state index in [1.807, 2.05) is 13.1 Å². The molecule has 0 atom stereocenters. The number of hydrogen-bond acceptors (Lipinski definition) is 3. The maximum atomic E-state index is 12.5. The maximum absolute atomic E-state index is 12.5. The number of hydrogen-bond donors (Lipinski definition) is 2. The SMILES string of the molecule is Cl.Cn1nc(CC(C)(C)C)cc1NC(=O)C1(N)CCCCC1. The minimum absolute atomic E-state index is 0. The van der Waals surface area contributed by atoms with Crippen molar-refractivity contribution in [3.05, 3.63) is 11.8 Å². The van der Waals surface area contributed by atoms with Crippen LogP contribution in [-0.2, 0) is 18.3 Å². The van der Waals surface area contributed by atoms with Crippen molar-refractivity contribution in [2.75, 3.05) is 5.32 Å². The maximum Gasteiger partial charge on any atom is 0.245 e. The van der Waals surface area contributed by atoms with E-state index in [0.717, 1.165) is 43.6 Å². The van der Waals surface area contributed by atoms with Gasteiger partial charge in [-0.3, -0.25) is 9.48 Å². The molecule has 126 valence electrons. The molecule has 1 amide bonds. The van der Waals surface area contributed by atoms with Gasteiger partial charge >= 0.3 is 0 Å². The summed E-state index contributed by atoms with van der Waals surface area (Å²) >= 11 is 0. The zero-order chi connectivity index (χ0) is 15.7. The third kappa shape index (κ3) is 4.71. The van der Waals surface area contributed by atoms with Gasteiger partial charge in [0.2, 0.25) is 5.91 Å². The standard InChI is InChI=1S/C16H28N4O.ClH/c1-15(2,3)11-12-10-13(20(4)19-12)18-14(21)16(17)8-6-5-7-9-16;/h10H,5-9,11,17H2,1-4H3,(H,18,21);1H. The molecule has 0 radical (unpaired) electrons. The molecule has 0 aliphatic heterocycles. The van der Waals surface area contributed by atoms with Crippen molar-refractivity contribution in [2.24, 2.45) is 18.2 Å². The lowest BCUT2D eigenvalue weighted by atomic mass is 9.82. The smallest absolute Gasteiger partial charge is 0.245 e. The predicted molar refractivity (Wildman–Crippen MR) is 92.2 cm³/mol. The fraction of sp³-hybridized carbons (Fsp3) is 0.750. The zero-order valence-electron chi connectivity index (χ0n) is 14.1. The summed E-state index contributed by atoms with van der Waals surface area (Å²) in [6, 6.07) is 1.95. The van der Waals surface area contributed by atoms with E-state index in [-0.39, 0.29) is 23.7 Å². The van der Waals surface area contributed by atoms with Gasteiger partial charge in [-0.1, -0.05) is 40.0 Å². The molecule has 22 heavy (non-hydrogen) atoms. The van der Waals surface area contributed by atoms with Crippen molar-refractivity contribution in [3.63, 3.8) is 0 Å². The van der Waals surface area contributed by atoms with E-state index in [0.29, 0.717) is 0 Å². The molecule has 1 aromatic heterocycles. The van der Waals surface area contributed by atoms with Crippen LogP contribution in [0.5, 0.6) is 0 Å². The molecule has 1 aromatic rings. The van der Waals surface area contributed by atoms with E-state index >= 15 is 0 Å². The quantitative estimate of drug-likeness (QED) is 0.895. The van der Waals surface area contributed by atoms with Crippen LogP contribution in [0.25, 0.3) is 0 Å². The van der Waals surface area contributed by atoms with E-state index in [9.17, 15) is 4.79 Å². The van der Waals surface area contributed by atoms with E-state index in [2.05, 4.69) is 31.2 Å². The molecule has 1 aliphatic carbocycles. The number of anilines is 1. The average molecular weight is 329 g/mol. The normalized spacial score (nSPS) is 17.7. The first kappa shape index (κ1) is 19.0. The molecule has 1 fully saturated rings. The molecule has 6 heteroatoms. The van der Waals surface area contributed by atoms with Crippen molar-refractivity contribution >= 4 is 24.1 Å². The first-order valence-electron chi connectivity index (χ1n) is 7.83. The molecular weight excluding hydrogens is 300 g/mol. The Balaban J connectivity index is 0.00000242. The zero-order valence-corrected chi connectivity index (χ0v) is 14.9. The topological polar surface area (TPSA) is 72.9 Å². The molecule has 0 bridgehead atoms. The summed E-state index contributed by atoms with van der Waals surface area (Å²) in [4.78, 5) is 12.5. The van der Waals surface area contributed by atoms with Gasteiger partial charge in [-0.2, -0.15) is 5.10 Å². The van der Waals surface area contributed by atoms with Crippen LogP contribution in [0.2, 0.25) is 0 Å². The van der Waals surface area contributed by atoms with Gasteiger partial charge in [-0.25, -0.2) is 0 Å². The number of carbonyl (C=O) groups is 1. The highest BCUT2D eigenvalue weighted by atomic mass is 35.5. The second kappa shape index (κ2) is 7.01. The summed E-state index contributed by atoms with van der Waals surface area (Å²) in [5, 5.41) is 7.44. The predicted octanol–water partition coefficient (Wildman–Crippen LogP) is 3.03. The number of carbonyl (C=O) groups excluding carboxylic acids is 1. The minimum Gasteiger partial charge on any atom is -0.317 e. The first-order valence-corrected chi connectivity index (χ1v) is 7.83. The van der Waals surface area contributed by atoms with Crippen LogP contribution in [0.3, 0.4) is 0 Å². The molecule has 1 saturated carbocycles. The van der Waals surface area contributed by atoms with Gasteiger partial charge < -0.3 is 11.1 Å². The van der Waals surface area contributed by atoms with E-state index < -0.39 is 5.54 Å². The molecule has 5 nitrogen and oxygen atoms in total. The summed E-state index contributed by atoms with van der Waals surface area (Å²) in [6.45, 7) is 6.53. The second-order valence-electron chi connectivity index (χ2n) is 7.55. The van der Waals surface area contributed by atoms with Crippen LogP contribution < -0.4 is 11.1 Å². The lowest BCUT2D eigenvalue weighted by molar-refractivity contribution is -0.122. The fourth-order valence-corrected chi connectivity index (χ4v) is 2.92. The Morgan fingerprint density at radius 2 is 1.95 bits per heavy atom. The van der Waals surface area contributed by atoms with Crippen molar-refractivity contribution in [3.8, 4) is 0 Å². The Labute approximate surface area is 139 Å². The van der Waals surface area contributed by atoms with Crippen LogP contribution in [0, 0.1) is 5.41 Å². The third-order valence-corrected chi connectivity index (χ3v) is 4.08. The molecule has 2 rings (SSSR count). The summed E-state index contributed by atoms with van der Waals surface area (Å²) in [7, 11) is 1.85. The lowest BCUT2D eigenvalue weighted by Crippen LogP contribution is -2.52. The van der Waals surface area contributed by atoms with Crippen molar-refractivity contribution < 1.29 is 4.79 Å². The van der Waals surface area contributed by atoms with Crippen LogP contribution in [0.4, 0.5) is 5.82 Å². The van der Waals surface area contributed by atoms with Gasteiger partial charge in [0.05, 0.1) is 11.2 Å². The monoisotopic (exact) mass is 328 g/mol. The minimum atomic E-state index is -0.716. The lowest BCUT2D eigenvalue weighted by Gasteiger charge is -2.31. The van der Waals surface area contributed by atoms with Crippen LogP contribution in [0.1, 0.15) is 58.6 Å². The Morgan fingerprint density at radius 1 is 1.36 bits per heavy atom. The molecule has 0 spiro atoms. The summed E-state index contributed by atoms with van der Waals surface area (Å²) < 4.78 is 1.73. The summed E-state index contributed by atoms with van der Waals surface area (Å²) in [6.07, 6.45) is 5.66. The third-order valence-electron chi connectivity index (χ3n) is 4.08. The fourth-order valence-electron chi connectivity index (χ4n) is 2.92. The largest absolute Gasteiger partial charge is 0.317 e. The Morgan fingerprint density at radius 3 is 2.50 bits per heavy atom. The summed E-state index contributed by atoms with van der Waals surface area (Å²) in [5.74, 6) is 0.655. The van der Waals surface area contributed by atoms with Gasteiger partial charge in [-0.05, 0) is 24.7 Å². The second-order valence-corrected chi connectivity index (χ2v) is 7.55. The Kier molecular flexibility index (Phi) is 6.04. The number of aromatic nitrogens is 2. The van der Waals surface area contributed by atoms with Crippen molar-refractivity contribution in [2.45, 2.75) is 64.8 Å². The molecule has 3 N–H and O–H groups in total. The highest BCUT2D eigenvalue weighted by Crippen LogP contribution is 2.27. The highest BCUT2D eigenvalue weighted by Gasteiger charge is 2.35. The number of amides is 1. The average Bonchev–Trinajstić information content (AvgIpc) is 2.68.